The molecule has 0 aliphatic carbocycles. The molecular weight excluding hydrogens is 438 g/mol. The van der Waals surface area contributed by atoms with Crippen LogP contribution in [0.1, 0.15) is 36.5 Å². The lowest BCUT2D eigenvalue weighted by Gasteiger charge is -2.16. The highest BCUT2D eigenvalue weighted by molar-refractivity contribution is 9.10. The number of carbonyl (C=O) groups is 2. The van der Waals surface area contributed by atoms with Crippen LogP contribution in [0.25, 0.3) is 0 Å². The first-order valence-corrected chi connectivity index (χ1v) is 10.0. The quantitative estimate of drug-likeness (QED) is 0.577. The molecule has 0 aliphatic heterocycles. The maximum atomic E-state index is 12.3. The van der Waals surface area contributed by atoms with Crippen LogP contribution in [0.5, 0.6) is 11.5 Å². The minimum Gasteiger partial charge on any atom is -0.493 e. The van der Waals surface area contributed by atoms with Crippen molar-refractivity contribution in [3.8, 4) is 11.5 Å². The van der Waals surface area contributed by atoms with Gasteiger partial charge in [0.1, 0.15) is 0 Å². The van der Waals surface area contributed by atoms with Crippen molar-refractivity contribution in [2.75, 3.05) is 26.1 Å². The number of ether oxygens (including phenoxy) is 3. The normalized spacial score (nSPS) is 10.6. The van der Waals surface area contributed by atoms with Crippen molar-refractivity contribution in [1.29, 1.82) is 0 Å². The standard InChI is InChI=1S/C22H26BrNO5/c1-13(2)16-8-6-7-14(3)22(16)24-20(25)12-29-21(26)10-15-9-18(27-4)19(28-5)11-17(15)23/h6-9,11,13H,10,12H2,1-5H3,(H,24,25). The molecule has 0 spiro atoms. The summed E-state index contributed by atoms with van der Waals surface area (Å²) in [5.74, 6) is 0.435. The van der Waals surface area contributed by atoms with Crippen LogP contribution in [0.15, 0.2) is 34.8 Å². The Labute approximate surface area is 179 Å². The van der Waals surface area contributed by atoms with Gasteiger partial charge in [0.15, 0.2) is 18.1 Å². The summed E-state index contributed by atoms with van der Waals surface area (Å²) in [6.07, 6.45) is -0.00414. The molecule has 1 amide bonds. The van der Waals surface area contributed by atoms with E-state index in [0.29, 0.717) is 21.5 Å². The average Bonchev–Trinajstić information content (AvgIpc) is 2.68. The van der Waals surface area contributed by atoms with Gasteiger partial charge in [0.05, 0.1) is 20.6 Å². The maximum absolute atomic E-state index is 12.3. The van der Waals surface area contributed by atoms with E-state index in [0.717, 1.165) is 16.8 Å². The van der Waals surface area contributed by atoms with E-state index in [2.05, 4.69) is 35.1 Å². The Hall–Kier alpha value is -2.54. The smallest absolute Gasteiger partial charge is 0.310 e. The lowest BCUT2D eigenvalue weighted by atomic mass is 9.98. The summed E-state index contributed by atoms with van der Waals surface area (Å²) in [6, 6.07) is 9.30. The SMILES string of the molecule is COc1cc(Br)c(CC(=O)OCC(=O)Nc2c(C)cccc2C(C)C)cc1OC. The van der Waals surface area contributed by atoms with Crippen molar-refractivity contribution in [1.82, 2.24) is 0 Å². The van der Waals surface area contributed by atoms with Gasteiger partial charge in [-0.15, -0.1) is 0 Å². The Kier molecular flexibility index (Phi) is 8.08. The van der Waals surface area contributed by atoms with Gasteiger partial charge in [0.25, 0.3) is 5.91 Å². The van der Waals surface area contributed by atoms with Crippen LogP contribution in [0.3, 0.4) is 0 Å². The summed E-state index contributed by atoms with van der Waals surface area (Å²) in [5, 5.41) is 2.86. The number of methoxy groups -OCH3 is 2. The number of aryl methyl sites for hydroxylation is 1. The lowest BCUT2D eigenvalue weighted by Crippen LogP contribution is -2.23. The minimum absolute atomic E-state index is 0.00414. The molecule has 29 heavy (non-hydrogen) atoms. The molecule has 0 saturated heterocycles. The van der Waals surface area contributed by atoms with E-state index in [1.54, 1.807) is 12.1 Å². The fraction of sp³-hybridized carbons (Fsp3) is 0.364. The largest absolute Gasteiger partial charge is 0.493 e. The molecule has 0 saturated carbocycles. The van der Waals surface area contributed by atoms with Gasteiger partial charge in [0, 0.05) is 10.2 Å². The average molecular weight is 464 g/mol. The third-order valence-corrected chi connectivity index (χ3v) is 5.18. The Morgan fingerprint density at radius 1 is 1.10 bits per heavy atom. The second kappa shape index (κ2) is 10.3. The zero-order chi connectivity index (χ0) is 21.6. The second-order valence-corrected chi connectivity index (χ2v) is 7.73. The Morgan fingerprint density at radius 3 is 2.38 bits per heavy atom. The molecule has 0 radical (unpaired) electrons. The zero-order valence-corrected chi connectivity index (χ0v) is 18.9. The number of benzene rings is 2. The molecular formula is C22H26BrNO5. The van der Waals surface area contributed by atoms with Crippen LogP contribution in [-0.2, 0) is 20.7 Å². The number of anilines is 1. The lowest BCUT2D eigenvalue weighted by molar-refractivity contribution is -0.146. The molecule has 0 aliphatic rings. The number of hydrogen-bond donors (Lipinski definition) is 1. The molecule has 0 bridgehead atoms. The van der Waals surface area contributed by atoms with Gasteiger partial charge in [-0.05, 0) is 41.7 Å². The van der Waals surface area contributed by atoms with Gasteiger partial charge in [-0.2, -0.15) is 0 Å². The number of esters is 1. The highest BCUT2D eigenvalue weighted by Crippen LogP contribution is 2.33. The Balaban J connectivity index is 1.99. The first-order chi connectivity index (χ1) is 13.8. The maximum Gasteiger partial charge on any atom is 0.310 e. The first-order valence-electron chi connectivity index (χ1n) is 9.22. The monoisotopic (exact) mass is 463 g/mol. The predicted octanol–water partition coefficient (Wildman–Crippen LogP) is 4.62. The van der Waals surface area contributed by atoms with Crippen LogP contribution in [0.4, 0.5) is 5.69 Å². The predicted molar refractivity (Wildman–Crippen MR) is 116 cm³/mol. The van der Waals surface area contributed by atoms with Crippen LogP contribution in [-0.4, -0.2) is 32.7 Å². The van der Waals surface area contributed by atoms with Gasteiger partial charge in [-0.3, -0.25) is 9.59 Å². The number of hydrogen-bond acceptors (Lipinski definition) is 5. The van der Waals surface area contributed by atoms with Gasteiger partial charge < -0.3 is 19.5 Å². The van der Waals surface area contributed by atoms with Crippen molar-refractivity contribution in [2.45, 2.75) is 33.1 Å². The van der Waals surface area contributed by atoms with Gasteiger partial charge >= 0.3 is 5.97 Å². The van der Waals surface area contributed by atoms with Crippen molar-refractivity contribution in [3.05, 3.63) is 51.5 Å². The van der Waals surface area contributed by atoms with Crippen molar-refractivity contribution in [2.24, 2.45) is 0 Å². The fourth-order valence-corrected chi connectivity index (χ4v) is 3.36. The Morgan fingerprint density at radius 2 is 1.76 bits per heavy atom. The summed E-state index contributed by atoms with van der Waals surface area (Å²) < 4.78 is 16.3. The van der Waals surface area contributed by atoms with E-state index in [1.165, 1.54) is 14.2 Å². The third-order valence-electron chi connectivity index (χ3n) is 4.44. The topological polar surface area (TPSA) is 73.9 Å². The molecule has 1 N–H and O–H groups in total. The van der Waals surface area contributed by atoms with Gasteiger partial charge in [-0.1, -0.05) is 48.0 Å². The molecule has 156 valence electrons. The number of para-hydroxylation sites is 1. The highest BCUT2D eigenvalue weighted by atomic mass is 79.9. The van der Waals surface area contributed by atoms with Crippen LogP contribution < -0.4 is 14.8 Å². The molecule has 0 atom stereocenters. The van der Waals surface area contributed by atoms with Gasteiger partial charge in [0.2, 0.25) is 0 Å². The molecule has 0 unspecified atom stereocenters. The zero-order valence-electron chi connectivity index (χ0n) is 17.3. The summed E-state index contributed by atoms with van der Waals surface area (Å²) in [7, 11) is 3.06. The number of rotatable bonds is 8. The molecule has 2 rings (SSSR count). The summed E-state index contributed by atoms with van der Waals surface area (Å²) in [6.45, 7) is 5.70. The number of amides is 1. The van der Waals surface area contributed by atoms with Crippen molar-refractivity contribution >= 4 is 33.5 Å². The first kappa shape index (κ1) is 22.7. The molecule has 0 heterocycles. The minimum atomic E-state index is -0.512. The molecule has 2 aromatic rings. The molecule has 2 aromatic carbocycles. The fourth-order valence-electron chi connectivity index (χ4n) is 2.90. The molecule has 6 nitrogen and oxygen atoms in total. The highest BCUT2D eigenvalue weighted by Gasteiger charge is 2.16. The van der Waals surface area contributed by atoms with E-state index in [-0.39, 0.29) is 24.9 Å². The van der Waals surface area contributed by atoms with Crippen LogP contribution in [0.2, 0.25) is 0 Å². The number of halogens is 1. The van der Waals surface area contributed by atoms with E-state index in [1.807, 2.05) is 25.1 Å². The van der Waals surface area contributed by atoms with Crippen molar-refractivity contribution in [3.63, 3.8) is 0 Å². The van der Waals surface area contributed by atoms with E-state index < -0.39 is 5.97 Å². The number of nitrogens with one attached hydrogen (secondary N) is 1. The van der Waals surface area contributed by atoms with E-state index in [4.69, 9.17) is 14.2 Å². The summed E-state index contributed by atoms with van der Waals surface area (Å²) in [5.41, 5.74) is 3.45. The number of carbonyl (C=O) groups excluding carboxylic acids is 2. The molecule has 7 heteroatoms. The summed E-state index contributed by atoms with van der Waals surface area (Å²) in [4.78, 5) is 24.5. The van der Waals surface area contributed by atoms with Crippen LogP contribution >= 0.6 is 15.9 Å². The van der Waals surface area contributed by atoms with Crippen LogP contribution in [0, 0.1) is 6.92 Å². The second-order valence-electron chi connectivity index (χ2n) is 6.88. The van der Waals surface area contributed by atoms with E-state index in [9.17, 15) is 9.59 Å². The van der Waals surface area contributed by atoms with E-state index >= 15 is 0 Å². The Bertz CT molecular complexity index is 895. The molecule has 0 aromatic heterocycles. The van der Waals surface area contributed by atoms with Gasteiger partial charge in [-0.25, -0.2) is 0 Å². The third kappa shape index (κ3) is 5.97. The molecule has 0 fully saturated rings. The summed E-state index contributed by atoms with van der Waals surface area (Å²) >= 11 is 3.41. The van der Waals surface area contributed by atoms with Crippen molar-refractivity contribution < 1.29 is 23.8 Å².